The molecule has 0 unspecified atom stereocenters. The van der Waals surface area contributed by atoms with Crippen LogP contribution in [-0.2, 0) is 8.47 Å². The van der Waals surface area contributed by atoms with Gasteiger partial charge in [0, 0.05) is 28.6 Å². The minimum atomic E-state index is -4.62. The Kier molecular flexibility index (Phi) is 5.02. The SMILES string of the molecule is CS(C)(C[C@H]1O[C@@H](n2cnc3c(N)ncnc32)[C@H](O)[C@@H]1O)O[Cl+3]([O-])([O-])[O-]. The Morgan fingerprint density at radius 2 is 1.96 bits per heavy atom. The molecule has 0 amide bonds. The number of nitrogens with two attached hydrogens (primary N) is 1. The standard InChI is InChI=1S/C12H18ClN5O7S/c1-26(2,25-13(21,22)23)3-6-8(19)9(20)12(24-6)18-5-17-7-10(14)15-4-16-11(7)18/h4-6,8-9,12,19-20H,3H2,1-2H3,(H2,14,15,16)/t6-,8-,9-,12-/m1/s1. The first-order valence-corrected chi connectivity index (χ1v) is 11.0. The molecule has 14 heteroatoms. The fraction of sp³-hybridized carbons (Fsp3) is 0.583. The molecule has 1 fully saturated rings. The van der Waals surface area contributed by atoms with Gasteiger partial charge in [0.25, 0.3) is 0 Å². The van der Waals surface area contributed by atoms with E-state index in [0.717, 1.165) is 0 Å². The fourth-order valence-electron chi connectivity index (χ4n) is 2.78. The van der Waals surface area contributed by atoms with Crippen LogP contribution in [0.15, 0.2) is 12.7 Å². The lowest BCUT2D eigenvalue weighted by Crippen LogP contribution is -2.61. The number of fused-ring (bicyclic) bond motifs is 1. The van der Waals surface area contributed by atoms with Crippen LogP contribution >= 0.6 is 10.3 Å². The second kappa shape index (κ2) is 6.70. The third-order valence-electron chi connectivity index (χ3n) is 3.81. The van der Waals surface area contributed by atoms with Gasteiger partial charge in [-0.15, -0.1) is 0 Å². The van der Waals surface area contributed by atoms with E-state index in [1.165, 1.54) is 29.7 Å². The predicted molar refractivity (Wildman–Crippen MR) is 81.1 cm³/mol. The molecule has 1 saturated heterocycles. The van der Waals surface area contributed by atoms with Crippen LogP contribution in [0.5, 0.6) is 0 Å². The zero-order valence-electron chi connectivity index (χ0n) is 13.8. The first-order chi connectivity index (χ1) is 12.0. The van der Waals surface area contributed by atoms with Gasteiger partial charge in [0.2, 0.25) is 0 Å². The van der Waals surface area contributed by atoms with E-state index >= 15 is 0 Å². The molecule has 4 atom stereocenters. The summed E-state index contributed by atoms with van der Waals surface area (Å²) >= 11 is 0. The second-order valence-electron chi connectivity index (χ2n) is 6.17. The van der Waals surface area contributed by atoms with E-state index in [1.807, 2.05) is 0 Å². The fourth-order valence-corrected chi connectivity index (χ4v) is 5.73. The molecular formula is C12H18ClN5O7S. The summed E-state index contributed by atoms with van der Waals surface area (Å²) < 4.78 is 44.1. The summed E-state index contributed by atoms with van der Waals surface area (Å²) in [5, 5.41) is 20.6. The van der Waals surface area contributed by atoms with E-state index in [-0.39, 0.29) is 11.6 Å². The van der Waals surface area contributed by atoms with Gasteiger partial charge in [0.1, 0.15) is 27.8 Å². The monoisotopic (exact) mass is 411 g/mol. The summed E-state index contributed by atoms with van der Waals surface area (Å²) in [6, 6.07) is 0. The van der Waals surface area contributed by atoms with Crippen molar-refractivity contribution < 1.29 is 42.9 Å². The minimum absolute atomic E-state index is 0.0834. The molecule has 1 aliphatic rings. The lowest BCUT2D eigenvalue weighted by atomic mass is 10.1. The van der Waals surface area contributed by atoms with Crippen LogP contribution < -0.4 is 19.7 Å². The Labute approximate surface area is 151 Å². The molecule has 2 aromatic heterocycles. The van der Waals surface area contributed by atoms with E-state index in [1.54, 1.807) is 0 Å². The molecule has 0 aliphatic carbocycles. The summed E-state index contributed by atoms with van der Waals surface area (Å²) in [5.41, 5.74) is 6.33. The van der Waals surface area contributed by atoms with Crippen molar-refractivity contribution in [2.24, 2.45) is 0 Å². The normalized spacial score (nSPS) is 28.0. The van der Waals surface area contributed by atoms with Crippen molar-refractivity contribution in [2.75, 3.05) is 24.0 Å². The van der Waals surface area contributed by atoms with Gasteiger partial charge in [-0.05, 0) is 0 Å². The first kappa shape index (κ1) is 19.5. The number of nitrogen functional groups attached to an aromatic ring is 1. The molecule has 12 nitrogen and oxygen atoms in total. The molecule has 0 saturated carbocycles. The van der Waals surface area contributed by atoms with Crippen LogP contribution in [0.25, 0.3) is 11.2 Å². The molecule has 4 N–H and O–H groups in total. The highest BCUT2D eigenvalue weighted by Crippen LogP contribution is 2.47. The number of aliphatic hydroxyl groups is 2. The van der Waals surface area contributed by atoms with Gasteiger partial charge >= 0.3 is 0 Å². The maximum Gasteiger partial charge on any atom is 0.167 e. The molecule has 2 aromatic rings. The van der Waals surface area contributed by atoms with Crippen LogP contribution in [0.3, 0.4) is 0 Å². The summed E-state index contributed by atoms with van der Waals surface area (Å²) in [7, 11) is -7.02. The molecule has 0 bridgehead atoms. The number of hydrogen-bond donors (Lipinski definition) is 3. The number of anilines is 1. The summed E-state index contributed by atoms with van der Waals surface area (Å²) in [6.07, 6.45) is 0.762. The van der Waals surface area contributed by atoms with E-state index in [2.05, 4.69) is 18.7 Å². The van der Waals surface area contributed by atoms with Crippen LogP contribution in [0, 0.1) is 10.2 Å². The van der Waals surface area contributed by atoms with Gasteiger partial charge < -0.3 is 20.7 Å². The highest BCUT2D eigenvalue weighted by Gasteiger charge is 2.48. The molecule has 1 aliphatic heterocycles. The Hall–Kier alpha value is -1.29. The largest absolute Gasteiger partial charge is 0.387 e. The zero-order chi connectivity index (χ0) is 19.3. The van der Waals surface area contributed by atoms with Crippen molar-refractivity contribution in [2.45, 2.75) is 24.5 Å². The van der Waals surface area contributed by atoms with Crippen molar-refractivity contribution in [3.8, 4) is 0 Å². The van der Waals surface area contributed by atoms with E-state index < -0.39 is 45.1 Å². The molecule has 146 valence electrons. The van der Waals surface area contributed by atoms with Crippen molar-refractivity contribution in [3.05, 3.63) is 12.7 Å². The van der Waals surface area contributed by atoms with Crippen LogP contribution in [0.2, 0.25) is 0 Å². The van der Waals surface area contributed by atoms with Gasteiger partial charge in [-0.25, -0.2) is 15.0 Å². The maximum absolute atomic E-state index is 10.8. The number of halogens is 1. The number of hydrogen-bond acceptors (Lipinski definition) is 11. The van der Waals surface area contributed by atoms with E-state index in [4.69, 9.17) is 10.5 Å². The quantitative estimate of drug-likeness (QED) is 0.432. The first-order valence-electron chi connectivity index (χ1n) is 7.26. The number of aromatic nitrogens is 4. The van der Waals surface area contributed by atoms with Gasteiger partial charge in [-0.3, -0.25) is 4.57 Å². The topological polar surface area (TPSA) is 198 Å². The molecule has 0 aromatic carbocycles. The third-order valence-corrected chi connectivity index (χ3v) is 6.92. The smallest absolute Gasteiger partial charge is 0.167 e. The second-order valence-corrected chi connectivity index (χ2v) is 10.6. The van der Waals surface area contributed by atoms with E-state index in [0.29, 0.717) is 11.2 Å². The van der Waals surface area contributed by atoms with Crippen LogP contribution in [0.1, 0.15) is 6.23 Å². The van der Waals surface area contributed by atoms with Gasteiger partial charge in [0.15, 0.2) is 17.7 Å². The van der Waals surface area contributed by atoms with E-state index in [9.17, 15) is 24.2 Å². The Morgan fingerprint density at radius 3 is 2.62 bits per heavy atom. The number of aliphatic hydroxyl groups excluding tert-OH is 2. The summed E-state index contributed by atoms with van der Waals surface area (Å²) in [6.45, 7) is 0. The lowest BCUT2D eigenvalue weighted by Gasteiger charge is -2.29. The van der Waals surface area contributed by atoms with Gasteiger partial charge in [-0.2, -0.15) is 14.0 Å². The zero-order valence-corrected chi connectivity index (χ0v) is 15.3. The molecule has 3 heterocycles. The number of rotatable bonds is 5. The van der Waals surface area contributed by atoms with Crippen molar-refractivity contribution in [1.29, 1.82) is 0 Å². The van der Waals surface area contributed by atoms with Gasteiger partial charge in [0.05, 0.1) is 22.7 Å². The Bertz CT molecular complexity index is 800. The van der Waals surface area contributed by atoms with Crippen molar-refractivity contribution in [1.82, 2.24) is 19.5 Å². The lowest BCUT2D eigenvalue weighted by molar-refractivity contribution is -1.91. The number of nitrogens with zero attached hydrogens (tertiary/aromatic N) is 4. The molecular weight excluding hydrogens is 394 g/mol. The summed E-state index contributed by atoms with van der Waals surface area (Å²) in [5.74, 6) is 0.0666. The van der Waals surface area contributed by atoms with Gasteiger partial charge in [-0.1, -0.05) is 0 Å². The highest BCUT2D eigenvalue weighted by atomic mass is 35.7. The average Bonchev–Trinajstić information content (AvgIpc) is 3.02. The maximum atomic E-state index is 10.8. The molecule has 0 radical (unpaired) electrons. The van der Waals surface area contributed by atoms with Crippen LogP contribution in [0.4, 0.5) is 5.82 Å². The van der Waals surface area contributed by atoms with Crippen molar-refractivity contribution in [3.63, 3.8) is 0 Å². The average molecular weight is 412 g/mol. The number of ether oxygens (including phenoxy) is 1. The Morgan fingerprint density at radius 1 is 1.27 bits per heavy atom. The molecule has 26 heavy (non-hydrogen) atoms. The minimum Gasteiger partial charge on any atom is -0.387 e. The highest BCUT2D eigenvalue weighted by molar-refractivity contribution is 8.28. The van der Waals surface area contributed by atoms with Crippen molar-refractivity contribution >= 4 is 27.3 Å². The predicted octanol–water partition coefficient (Wildman–Crippen LogP) is -4.08. The van der Waals surface area contributed by atoms with Crippen LogP contribution in [-0.4, -0.2) is 66.3 Å². The summed E-state index contributed by atoms with van der Waals surface area (Å²) in [4.78, 5) is 11.9. The molecule has 0 spiro atoms. The Balaban J connectivity index is 1.82. The third kappa shape index (κ3) is 3.85. The molecule has 3 rings (SSSR count). The number of imidazole rings is 1.